The van der Waals surface area contributed by atoms with Crippen molar-refractivity contribution in [2.24, 2.45) is 13.0 Å². The lowest BCUT2D eigenvalue weighted by Crippen LogP contribution is -2.45. The Morgan fingerprint density at radius 1 is 1.19 bits per heavy atom. The molecule has 0 amide bonds. The predicted molar refractivity (Wildman–Crippen MR) is 86.6 cm³/mol. The molecule has 0 radical (unpaired) electrons. The van der Waals surface area contributed by atoms with Gasteiger partial charge < -0.3 is 9.88 Å². The van der Waals surface area contributed by atoms with Crippen LogP contribution in [0.25, 0.3) is 11.0 Å². The summed E-state index contributed by atoms with van der Waals surface area (Å²) in [6.07, 6.45) is 8.06. The fraction of sp³-hybridized carbons (Fsp3) is 0.588. The zero-order chi connectivity index (χ0) is 14.4. The van der Waals surface area contributed by atoms with Crippen molar-refractivity contribution >= 4 is 22.6 Å². The highest BCUT2D eigenvalue weighted by atomic mass is 35.5. The number of halogens is 1. The van der Waals surface area contributed by atoms with Crippen LogP contribution in [-0.4, -0.2) is 15.6 Å². The van der Waals surface area contributed by atoms with Crippen LogP contribution in [0.2, 0.25) is 5.02 Å². The number of aromatic nitrogens is 2. The largest absolute Gasteiger partial charge is 0.330 e. The summed E-state index contributed by atoms with van der Waals surface area (Å²) in [6, 6.07) is 7.04. The monoisotopic (exact) mass is 303 g/mol. The Kier molecular flexibility index (Phi) is 3.43. The number of fused-ring (bicyclic) bond motifs is 2. The fourth-order valence-corrected chi connectivity index (χ4v) is 4.36. The van der Waals surface area contributed by atoms with E-state index in [-0.39, 0.29) is 0 Å². The van der Waals surface area contributed by atoms with Crippen LogP contribution in [-0.2, 0) is 7.05 Å². The number of nitrogens with one attached hydrogen (secondary N) is 1. The van der Waals surface area contributed by atoms with Gasteiger partial charge in [0, 0.05) is 18.1 Å². The van der Waals surface area contributed by atoms with Crippen molar-refractivity contribution in [2.45, 2.75) is 50.6 Å². The van der Waals surface area contributed by atoms with E-state index in [4.69, 9.17) is 16.6 Å². The highest BCUT2D eigenvalue weighted by Crippen LogP contribution is 2.37. The molecule has 1 aliphatic carbocycles. The first-order chi connectivity index (χ1) is 10.2. The summed E-state index contributed by atoms with van der Waals surface area (Å²) in [4.78, 5) is 4.86. The molecule has 1 saturated heterocycles. The van der Waals surface area contributed by atoms with Gasteiger partial charge in [-0.15, -0.1) is 0 Å². The number of aryl methyl sites for hydroxylation is 1. The van der Waals surface area contributed by atoms with Gasteiger partial charge in [0.15, 0.2) is 0 Å². The zero-order valence-corrected chi connectivity index (χ0v) is 13.2. The van der Waals surface area contributed by atoms with Gasteiger partial charge in [-0.05, 0) is 49.8 Å². The summed E-state index contributed by atoms with van der Waals surface area (Å²) in [5.74, 6) is 2.05. The summed E-state index contributed by atoms with van der Waals surface area (Å²) in [5.41, 5.74) is 2.18. The highest BCUT2D eigenvalue weighted by molar-refractivity contribution is 6.31. The lowest BCUT2D eigenvalue weighted by molar-refractivity contribution is 0.172. The number of piperidine rings is 1. The molecule has 0 spiro atoms. The van der Waals surface area contributed by atoms with E-state index in [1.165, 1.54) is 38.5 Å². The summed E-state index contributed by atoms with van der Waals surface area (Å²) in [6.45, 7) is 0. The standard InChI is InChI=1S/C17H22ClN3/c1-21-16-10-12(18)7-9-14(16)20-17(21)15-8-6-11-4-2-3-5-13(11)19-15/h7,9-11,13,15,19H,2-6,8H2,1H3. The third-order valence-corrected chi connectivity index (χ3v) is 5.57. The molecule has 3 nitrogen and oxygen atoms in total. The van der Waals surface area contributed by atoms with Gasteiger partial charge >= 0.3 is 0 Å². The van der Waals surface area contributed by atoms with Gasteiger partial charge in [-0.25, -0.2) is 4.98 Å². The number of imidazole rings is 1. The smallest absolute Gasteiger partial charge is 0.126 e. The van der Waals surface area contributed by atoms with Crippen molar-refractivity contribution in [3.63, 3.8) is 0 Å². The molecule has 2 heterocycles. The van der Waals surface area contributed by atoms with Crippen molar-refractivity contribution in [3.8, 4) is 0 Å². The molecule has 1 aromatic heterocycles. The first-order valence-electron chi connectivity index (χ1n) is 8.10. The average Bonchev–Trinajstić information content (AvgIpc) is 2.84. The van der Waals surface area contributed by atoms with Gasteiger partial charge in [0.2, 0.25) is 0 Å². The van der Waals surface area contributed by atoms with E-state index < -0.39 is 0 Å². The van der Waals surface area contributed by atoms with Gasteiger partial charge in [0.05, 0.1) is 17.1 Å². The molecule has 4 rings (SSSR count). The quantitative estimate of drug-likeness (QED) is 0.855. The lowest BCUT2D eigenvalue weighted by atomic mass is 9.77. The predicted octanol–water partition coefficient (Wildman–Crippen LogP) is 4.21. The molecule has 2 aliphatic rings. The SMILES string of the molecule is Cn1c(C2CCC3CCCCC3N2)nc2ccc(Cl)cc21. The van der Waals surface area contributed by atoms with Crippen LogP contribution in [0.15, 0.2) is 18.2 Å². The Morgan fingerprint density at radius 3 is 2.95 bits per heavy atom. The molecule has 4 heteroatoms. The Hall–Kier alpha value is -1.06. The van der Waals surface area contributed by atoms with E-state index in [1.807, 2.05) is 18.2 Å². The molecule has 2 aromatic rings. The minimum atomic E-state index is 0.389. The van der Waals surface area contributed by atoms with Gasteiger partial charge in [-0.3, -0.25) is 0 Å². The summed E-state index contributed by atoms with van der Waals surface area (Å²) in [7, 11) is 2.11. The maximum absolute atomic E-state index is 6.12. The minimum absolute atomic E-state index is 0.389. The Labute approximate surface area is 130 Å². The number of benzene rings is 1. The van der Waals surface area contributed by atoms with E-state index in [1.54, 1.807) is 0 Å². The van der Waals surface area contributed by atoms with E-state index in [0.29, 0.717) is 12.1 Å². The average molecular weight is 304 g/mol. The third-order valence-electron chi connectivity index (χ3n) is 5.34. The second-order valence-corrected chi connectivity index (χ2v) is 7.05. The number of hydrogen-bond acceptors (Lipinski definition) is 2. The van der Waals surface area contributed by atoms with Crippen molar-refractivity contribution in [1.29, 1.82) is 0 Å². The van der Waals surface area contributed by atoms with Gasteiger partial charge in [0.1, 0.15) is 5.82 Å². The van der Waals surface area contributed by atoms with Gasteiger partial charge in [-0.2, -0.15) is 0 Å². The topological polar surface area (TPSA) is 29.9 Å². The fourth-order valence-electron chi connectivity index (χ4n) is 4.19. The van der Waals surface area contributed by atoms with E-state index in [2.05, 4.69) is 16.9 Å². The normalized spacial score (nSPS) is 29.5. The Morgan fingerprint density at radius 2 is 2.05 bits per heavy atom. The number of hydrogen-bond donors (Lipinski definition) is 1. The minimum Gasteiger partial charge on any atom is -0.330 e. The number of nitrogens with zero attached hydrogens (tertiary/aromatic N) is 2. The molecule has 1 aromatic carbocycles. The van der Waals surface area contributed by atoms with Crippen LogP contribution in [0.1, 0.15) is 50.4 Å². The summed E-state index contributed by atoms with van der Waals surface area (Å²) >= 11 is 6.12. The maximum atomic E-state index is 6.12. The molecule has 1 saturated carbocycles. The zero-order valence-electron chi connectivity index (χ0n) is 12.5. The molecule has 21 heavy (non-hydrogen) atoms. The molecular formula is C17H22ClN3. The Bertz CT molecular complexity index is 663. The first-order valence-corrected chi connectivity index (χ1v) is 8.48. The molecule has 2 fully saturated rings. The van der Waals surface area contributed by atoms with Crippen LogP contribution in [0.3, 0.4) is 0 Å². The van der Waals surface area contributed by atoms with Crippen molar-refractivity contribution < 1.29 is 0 Å². The van der Waals surface area contributed by atoms with Crippen molar-refractivity contribution in [3.05, 3.63) is 29.0 Å². The Balaban J connectivity index is 1.65. The number of rotatable bonds is 1. The molecule has 112 valence electrons. The maximum Gasteiger partial charge on any atom is 0.126 e. The van der Waals surface area contributed by atoms with Gasteiger partial charge in [0.25, 0.3) is 0 Å². The van der Waals surface area contributed by atoms with Gasteiger partial charge in [-0.1, -0.05) is 24.4 Å². The highest BCUT2D eigenvalue weighted by Gasteiger charge is 2.33. The van der Waals surface area contributed by atoms with Crippen LogP contribution in [0, 0.1) is 5.92 Å². The third kappa shape index (κ3) is 2.36. The van der Waals surface area contributed by atoms with E-state index in [0.717, 1.165) is 27.8 Å². The summed E-state index contributed by atoms with van der Waals surface area (Å²) < 4.78 is 2.21. The molecule has 1 N–H and O–H groups in total. The van der Waals surface area contributed by atoms with E-state index >= 15 is 0 Å². The van der Waals surface area contributed by atoms with Crippen molar-refractivity contribution in [1.82, 2.24) is 14.9 Å². The van der Waals surface area contributed by atoms with E-state index in [9.17, 15) is 0 Å². The molecule has 0 bridgehead atoms. The van der Waals surface area contributed by atoms with Crippen LogP contribution in [0.5, 0.6) is 0 Å². The first kappa shape index (κ1) is 13.6. The molecule has 1 aliphatic heterocycles. The van der Waals surface area contributed by atoms with Crippen molar-refractivity contribution in [2.75, 3.05) is 0 Å². The molecule has 3 atom stereocenters. The molecule has 3 unspecified atom stereocenters. The van der Waals surface area contributed by atoms with Crippen LogP contribution < -0.4 is 5.32 Å². The second kappa shape index (κ2) is 5.29. The summed E-state index contributed by atoms with van der Waals surface area (Å²) in [5, 5.41) is 4.65. The second-order valence-electron chi connectivity index (χ2n) is 6.61. The lowest BCUT2D eigenvalue weighted by Gasteiger charge is -2.40. The molecular weight excluding hydrogens is 282 g/mol. The van der Waals surface area contributed by atoms with Crippen LogP contribution in [0.4, 0.5) is 0 Å². The van der Waals surface area contributed by atoms with Crippen LogP contribution >= 0.6 is 11.6 Å².